The average Bonchev–Trinajstić information content (AvgIpc) is 2.26. The fourth-order valence-corrected chi connectivity index (χ4v) is 1.09. The van der Waals surface area contributed by atoms with Crippen molar-refractivity contribution in [1.82, 2.24) is 0 Å². The SMILES string of the molecule is CCOC(=O)ON=C(N)c1cccc(C)c1. The number of carbonyl (C=O) groups excluding carboxylic acids is 1. The maximum Gasteiger partial charge on any atom is 0.535 e. The van der Waals surface area contributed by atoms with Crippen LogP contribution in [0.2, 0.25) is 0 Å². The Kier molecular flexibility index (Phi) is 4.32. The molecule has 0 heterocycles. The lowest BCUT2D eigenvalue weighted by Crippen LogP contribution is -2.15. The first-order valence-electron chi connectivity index (χ1n) is 4.87. The molecule has 0 radical (unpaired) electrons. The molecule has 86 valence electrons. The third-order valence-electron chi connectivity index (χ3n) is 1.79. The standard InChI is InChI=1S/C11H14N2O3/c1-3-15-11(14)16-13-10(12)9-6-4-5-8(2)7-9/h4-7H,3H2,1-2H3,(H2,12,13). The number of hydrogen-bond donors (Lipinski definition) is 1. The zero-order valence-electron chi connectivity index (χ0n) is 9.27. The molecule has 0 saturated carbocycles. The summed E-state index contributed by atoms with van der Waals surface area (Å²) < 4.78 is 4.53. The number of aryl methyl sites for hydroxylation is 1. The van der Waals surface area contributed by atoms with Gasteiger partial charge in [-0.3, -0.25) is 4.84 Å². The summed E-state index contributed by atoms with van der Waals surface area (Å²) in [6.45, 7) is 3.84. The lowest BCUT2D eigenvalue weighted by Gasteiger charge is -2.01. The van der Waals surface area contributed by atoms with E-state index in [0.29, 0.717) is 5.56 Å². The fourth-order valence-electron chi connectivity index (χ4n) is 1.09. The van der Waals surface area contributed by atoms with Crippen LogP contribution in [0.1, 0.15) is 18.1 Å². The zero-order chi connectivity index (χ0) is 12.0. The average molecular weight is 222 g/mol. The molecule has 0 spiro atoms. The van der Waals surface area contributed by atoms with Gasteiger partial charge < -0.3 is 10.5 Å². The molecule has 0 amide bonds. The van der Waals surface area contributed by atoms with E-state index in [4.69, 9.17) is 5.73 Å². The van der Waals surface area contributed by atoms with Crippen LogP contribution in [0.4, 0.5) is 4.79 Å². The van der Waals surface area contributed by atoms with Crippen LogP contribution in [0.5, 0.6) is 0 Å². The summed E-state index contributed by atoms with van der Waals surface area (Å²) in [7, 11) is 0. The first-order chi connectivity index (χ1) is 7.63. The molecule has 0 fully saturated rings. The number of hydrogen-bond acceptors (Lipinski definition) is 4. The van der Waals surface area contributed by atoms with E-state index in [1.54, 1.807) is 13.0 Å². The molecule has 0 aliphatic heterocycles. The van der Waals surface area contributed by atoms with E-state index in [1.165, 1.54) is 0 Å². The molecular formula is C11H14N2O3. The number of ether oxygens (including phenoxy) is 1. The maximum atomic E-state index is 10.8. The number of nitrogens with zero attached hydrogens (tertiary/aromatic N) is 1. The third-order valence-corrected chi connectivity index (χ3v) is 1.79. The van der Waals surface area contributed by atoms with Crippen molar-refractivity contribution in [3.63, 3.8) is 0 Å². The molecule has 1 aromatic rings. The van der Waals surface area contributed by atoms with Gasteiger partial charge >= 0.3 is 6.16 Å². The van der Waals surface area contributed by atoms with Gasteiger partial charge in [0.15, 0.2) is 5.84 Å². The summed E-state index contributed by atoms with van der Waals surface area (Å²) in [5.41, 5.74) is 7.37. The molecule has 5 heteroatoms. The van der Waals surface area contributed by atoms with Gasteiger partial charge in [-0.05, 0) is 19.9 Å². The molecular weight excluding hydrogens is 208 g/mol. The predicted octanol–water partition coefficient (Wildman–Crippen LogP) is 1.79. The van der Waals surface area contributed by atoms with Crippen molar-refractivity contribution in [3.05, 3.63) is 35.4 Å². The summed E-state index contributed by atoms with van der Waals surface area (Å²) >= 11 is 0. The summed E-state index contributed by atoms with van der Waals surface area (Å²) in [6, 6.07) is 7.40. The molecule has 0 aliphatic rings. The Morgan fingerprint density at radius 1 is 1.50 bits per heavy atom. The fraction of sp³-hybridized carbons (Fsp3) is 0.273. The van der Waals surface area contributed by atoms with Crippen molar-refractivity contribution in [2.75, 3.05) is 6.61 Å². The molecule has 2 N–H and O–H groups in total. The molecule has 0 atom stereocenters. The second-order valence-corrected chi connectivity index (χ2v) is 3.12. The molecule has 16 heavy (non-hydrogen) atoms. The van der Waals surface area contributed by atoms with Crippen molar-refractivity contribution in [1.29, 1.82) is 0 Å². The Morgan fingerprint density at radius 2 is 2.25 bits per heavy atom. The Hall–Kier alpha value is -2.04. The highest BCUT2D eigenvalue weighted by atomic mass is 16.8. The van der Waals surface area contributed by atoms with Gasteiger partial charge in [-0.15, -0.1) is 0 Å². The Bertz CT molecular complexity index is 402. The van der Waals surface area contributed by atoms with Crippen molar-refractivity contribution >= 4 is 12.0 Å². The van der Waals surface area contributed by atoms with Crippen LogP contribution < -0.4 is 5.73 Å². The molecule has 1 rings (SSSR count). The lowest BCUT2D eigenvalue weighted by molar-refractivity contribution is 0.0613. The molecule has 0 aliphatic carbocycles. The molecule has 0 aromatic heterocycles. The monoisotopic (exact) mass is 222 g/mol. The normalized spacial score (nSPS) is 11.0. The van der Waals surface area contributed by atoms with E-state index in [-0.39, 0.29) is 12.4 Å². The first kappa shape index (κ1) is 12.0. The van der Waals surface area contributed by atoms with Crippen LogP contribution in [0, 0.1) is 6.92 Å². The van der Waals surface area contributed by atoms with Gasteiger partial charge in [0.2, 0.25) is 0 Å². The van der Waals surface area contributed by atoms with E-state index in [9.17, 15) is 4.79 Å². The van der Waals surface area contributed by atoms with Crippen LogP contribution in [0.3, 0.4) is 0 Å². The highest BCUT2D eigenvalue weighted by molar-refractivity contribution is 5.97. The molecule has 0 saturated heterocycles. The van der Waals surface area contributed by atoms with Gasteiger partial charge in [0.25, 0.3) is 0 Å². The second kappa shape index (κ2) is 5.75. The quantitative estimate of drug-likeness (QED) is 0.278. The summed E-state index contributed by atoms with van der Waals surface area (Å²) in [5, 5.41) is 3.47. The minimum Gasteiger partial charge on any atom is -0.433 e. The van der Waals surface area contributed by atoms with Crippen LogP contribution in [0.15, 0.2) is 29.4 Å². The molecule has 0 bridgehead atoms. The second-order valence-electron chi connectivity index (χ2n) is 3.12. The van der Waals surface area contributed by atoms with Gasteiger partial charge in [0.05, 0.1) is 6.61 Å². The number of nitrogens with two attached hydrogens (primary N) is 1. The van der Waals surface area contributed by atoms with E-state index in [2.05, 4.69) is 14.7 Å². The van der Waals surface area contributed by atoms with E-state index in [0.717, 1.165) is 5.56 Å². The molecule has 5 nitrogen and oxygen atoms in total. The zero-order valence-corrected chi connectivity index (χ0v) is 9.27. The van der Waals surface area contributed by atoms with Crippen LogP contribution in [-0.2, 0) is 9.57 Å². The lowest BCUT2D eigenvalue weighted by atomic mass is 10.1. The Labute approximate surface area is 93.8 Å². The summed E-state index contributed by atoms with van der Waals surface area (Å²) in [5.74, 6) is 0.136. The van der Waals surface area contributed by atoms with Gasteiger partial charge in [0, 0.05) is 5.56 Å². The summed E-state index contributed by atoms with van der Waals surface area (Å²) in [6.07, 6.45) is -0.863. The minimum atomic E-state index is -0.863. The number of carbonyl (C=O) groups is 1. The van der Waals surface area contributed by atoms with Crippen LogP contribution in [0.25, 0.3) is 0 Å². The van der Waals surface area contributed by atoms with Crippen LogP contribution in [-0.4, -0.2) is 18.6 Å². The van der Waals surface area contributed by atoms with Crippen molar-refractivity contribution in [2.45, 2.75) is 13.8 Å². The van der Waals surface area contributed by atoms with Gasteiger partial charge in [-0.2, -0.15) is 0 Å². The molecule has 1 aromatic carbocycles. The van der Waals surface area contributed by atoms with E-state index >= 15 is 0 Å². The smallest absolute Gasteiger partial charge is 0.433 e. The number of benzene rings is 1. The number of rotatable bonds is 3. The molecule has 0 unspecified atom stereocenters. The van der Waals surface area contributed by atoms with Gasteiger partial charge in [-0.1, -0.05) is 28.9 Å². The Balaban J connectivity index is 2.67. The third kappa shape index (κ3) is 3.61. The maximum absolute atomic E-state index is 10.8. The highest BCUT2D eigenvalue weighted by Gasteiger charge is 2.03. The van der Waals surface area contributed by atoms with Crippen molar-refractivity contribution in [3.8, 4) is 0 Å². The minimum absolute atomic E-state index is 0.136. The Morgan fingerprint density at radius 3 is 2.88 bits per heavy atom. The summed E-state index contributed by atoms with van der Waals surface area (Å²) in [4.78, 5) is 15.3. The number of amidine groups is 1. The van der Waals surface area contributed by atoms with Crippen molar-refractivity contribution in [2.24, 2.45) is 10.9 Å². The first-order valence-corrected chi connectivity index (χ1v) is 4.87. The van der Waals surface area contributed by atoms with E-state index in [1.807, 2.05) is 25.1 Å². The van der Waals surface area contributed by atoms with Gasteiger partial charge in [-0.25, -0.2) is 4.79 Å². The van der Waals surface area contributed by atoms with Crippen molar-refractivity contribution < 1.29 is 14.4 Å². The van der Waals surface area contributed by atoms with Crippen LogP contribution >= 0.6 is 0 Å². The van der Waals surface area contributed by atoms with E-state index < -0.39 is 6.16 Å². The predicted molar refractivity (Wildman–Crippen MR) is 60.0 cm³/mol. The highest BCUT2D eigenvalue weighted by Crippen LogP contribution is 2.03. The topological polar surface area (TPSA) is 73.9 Å². The van der Waals surface area contributed by atoms with Gasteiger partial charge in [0.1, 0.15) is 0 Å². The number of oxime groups is 1. The largest absolute Gasteiger partial charge is 0.535 e.